The van der Waals surface area contributed by atoms with E-state index in [-0.39, 0.29) is 4.90 Å². The van der Waals surface area contributed by atoms with Crippen LogP contribution in [0, 0.1) is 6.92 Å². The highest BCUT2D eigenvalue weighted by Crippen LogP contribution is 2.24. The Morgan fingerprint density at radius 1 is 1.10 bits per heavy atom. The van der Waals surface area contributed by atoms with Crippen molar-refractivity contribution in [2.24, 2.45) is 5.14 Å². The van der Waals surface area contributed by atoms with Crippen molar-refractivity contribution in [2.45, 2.75) is 62.8 Å². The molecule has 0 spiro atoms. The van der Waals surface area contributed by atoms with Crippen LogP contribution >= 0.6 is 0 Å². The lowest BCUT2D eigenvalue weighted by Gasteiger charge is -2.23. The maximum atomic E-state index is 11.4. The summed E-state index contributed by atoms with van der Waals surface area (Å²) in [6.07, 6.45) is 8.73. The lowest BCUT2D eigenvalue weighted by atomic mass is 9.96. The molecule has 0 radical (unpaired) electrons. The van der Waals surface area contributed by atoms with E-state index in [9.17, 15) is 8.42 Å². The standard InChI is InChI=1S/C15H24N2O2S/c1-12-9-10-14(20(16,18)19)11-15(12)17-13-7-5-3-2-4-6-8-13/h9-11,13,17H,2-8H2,1H3,(H2,16,18,19). The normalized spacial score (nSPS) is 18.3. The van der Waals surface area contributed by atoms with Crippen LogP contribution in [0.4, 0.5) is 5.69 Å². The van der Waals surface area contributed by atoms with Gasteiger partial charge in [-0.1, -0.05) is 38.2 Å². The largest absolute Gasteiger partial charge is 0.382 e. The molecule has 4 nitrogen and oxygen atoms in total. The summed E-state index contributed by atoms with van der Waals surface area (Å²) < 4.78 is 22.9. The van der Waals surface area contributed by atoms with Crippen molar-refractivity contribution >= 4 is 15.7 Å². The van der Waals surface area contributed by atoms with Crippen LogP contribution in [-0.2, 0) is 10.0 Å². The molecule has 1 aromatic rings. The minimum atomic E-state index is -3.64. The van der Waals surface area contributed by atoms with E-state index in [2.05, 4.69) is 5.32 Å². The number of hydrogen-bond donors (Lipinski definition) is 2. The average Bonchev–Trinajstić information content (AvgIpc) is 2.33. The van der Waals surface area contributed by atoms with Crippen LogP contribution in [0.1, 0.15) is 50.5 Å². The van der Waals surface area contributed by atoms with Crippen molar-refractivity contribution in [1.29, 1.82) is 0 Å². The number of primary sulfonamides is 1. The van der Waals surface area contributed by atoms with Crippen molar-refractivity contribution in [2.75, 3.05) is 5.32 Å². The molecule has 1 aromatic carbocycles. The fraction of sp³-hybridized carbons (Fsp3) is 0.600. The van der Waals surface area contributed by atoms with Crippen LogP contribution in [0.25, 0.3) is 0 Å². The molecule has 3 N–H and O–H groups in total. The van der Waals surface area contributed by atoms with Gasteiger partial charge < -0.3 is 5.32 Å². The van der Waals surface area contributed by atoms with Crippen LogP contribution in [0.2, 0.25) is 0 Å². The molecule has 0 bridgehead atoms. The summed E-state index contributed by atoms with van der Waals surface area (Å²) in [5.74, 6) is 0. The lowest BCUT2D eigenvalue weighted by Crippen LogP contribution is -2.21. The van der Waals surface area contributed by atoms with Crippen LogP contribution in [0.3, 0.4) is 0 Å². The first kappa shape index (κ1) is 15.3. The molecule has 1 fully saturated rings. The first-order chi connectivity index (χ1) is 9.47. The number of sulfonamides is 1. The van der Waals surface area contributed by atoms with Gasteiger partial charge in [-0.05, 0) is 37.5 Å². The summed E-state index contributed by atoms with van der Waals surface area (Å²) in [4.78, 5) is 0.177. The molecule has 1 aliphatic rings. The molecule has 0 saturated heterocycles. The summed E-state index contributed by atoms with van der Waals surface area (Å²) in [5.41, 5.74) is 1.95. The molecule has 0 amide bonds. The van der Waals surface area contributed by atoms with Gasteiger partial charge in [0.05, 0.1) is 4.90 Å². The van der Waals surface area contributed by atoms with Gasteiger partial charge in [-0.3, -0.25) is 0 Å². The fourth-order valence-electron chi connectivity index (χ4n) is 2.75. The minimum absolute atomic E-state index is 0.177. The number of nitrogens with two attached hydrogens (primary N) is 1. The van der Waals surface area contributed by atoms with Crippen molar-refractivity contribution in [3.05, 3.63) is 23.8 Å². The first-order valence-electron chi connectivity index (χ1n) is 7.37. The van der Waals surface area contributed by atoms with Gasteiger partial charge in [0, 0.05) is 11.7 Å². The Balaban J connectivity index is 2.14. The van der Waals surface area contributed by atoms with Gasteiger partial charge in [0.1, 0.15) is 0 Å². The Hall–Kier alpha value is -1.07. The third-order valence-electron chi connectivity index (χ3n) is 4.00. The van der Waals surface area contributed by atoms with Crippen molar-refractivity contribution in [3.8, 4) is 0 Å². The van der Waals surface area contributed by atoms with Crippen LogP contribution in [0.15, 0.2) is 23.1 Å². The number of hydrogen-bond acceptors (Lipinski definition) is 3. The van der Waals surface area contributed by atoms with Crippen LogP contribution in [0.5, 0.6) is 0 Å². The Bertz CT molecular complexity index is 547. The molecular weight excluding hydrogens is 272 g/mol. The predicted molar refractivity (Wildman–Crippen MR) is 82.3 cm³/mol. The van der Waals surface area contributed by atoms with E-state index in [1.165, 1.54) is 32.1 Å². The quantitative estimate of drug-likeness (QED) is 0.900. The second kappa shape index (κ2) is 6.59. The number of nitrogens with one attached hydrogen (secondary N) is 1. The smallest absolute Gasteiger partial charge is 0.238 e. The van der Waals surface area contributed by atoms with Gasteiger partial charge in [0.25, 0.3) is 0 Å². The fourth-order valence-corrected chi connectivity index (χ4v) is 3.29. The second-order valence-corrected chi connectivity index (χ2v) is 7.27. The highest BCUT2D eigenvalue weighted by atomic mass is 32.2. The van der Waals surface area contributed by atoms with E-state index in [0.29, 0.717) is 6.04 Å². The lowest BCUT2D eigenvalue weighted by molar-refractivity contribution is 0.471. The van der Waals surface area contributed by atoms with Gasteiger partial charge in [0.15, 0.2) is 0 Å². The van der Waals surface area contributed by atoms with Crippen LogP contribution in [-0.4, -0.2) is 14.5 Å². The molecule has 0 aromatic heterocycles. The molecule has 2 rings (SSSR count). The zero-order valence-electron chi connectivity index (χ0n) is 12.1. The van der Waals surface area contributed by atoms with E-state index >= 15 is 0 Å². The van der Waals surface area contributed by atoms with Gasteiger partial charge >= 0.3 is 0 Å². The second-order valence-electron chi connectivity index (χ2n) is 5.71. The molecular formula is C15H24N2O2S. The van der Waals surface area contributed by atoms with Gasteiger partial charge in [0.2, 0.25) is 10.0 Å². The summed E-state index contributed by atoms with van der Waals surface area (Å²) in [6.45, 7) is 1.98. The SMILES string of the molecule is Cc1ccc(S(N)(=O)=O)cc1NC1CCCCCCC1. The maximum Gasteiger partial charge on any atom is 0.238 e. The molecule has 0 atom stereocenters. The van der Waals surface area contributed by atoms with E-state index in [1.807, 2.05) is 13.0 Å². The van der Waals surface area contributed by atoms with Gasteiger partial charge in [-0.15, -0.1) is 0 Å². The average molecular weight is 296 g/mol. The Kier molecular flexibility index (Phi) is 5.05. The summed E-state index contributed by atoms with van der Waals surface area (Å²) in [7, 11) is -3.64. The Morgan fingerprint density at radius 2 is 1.70 bits per heavy atom. The highest BCUT2D eigenvalue weighted by Gasteiger charge is 2.14. The summed E-state index contributed by atoms with van der Waals surface area (Å²) >= 11 is 0. The molecule has 0 heterocycles. The first-order valence-corrected chi connectivity index (χ1v) is 8.91. The molecule has 0 aliphatic heterocycles. The third-order valence-corrected chi connectivity index (χ3v) is 4.91. The van der Waals surface area contributed by atoms with E-state index < -0.39 is 10.0 Å². The van der Waals surface area contributed by atoms with Crippen molar-refractivity contribution in [3.63, 3.8) is 0 Å². The summed E-state index contributed by atoms with van der Waals surface area (Å²) in [6, 6.07) is 5.47. The number of rotatable bonds is 3. The highest BCUT2D eigenvalue weighted by molar-refractivity contribution is 7.89. The molecule has 112 valence electrons. The number of aryl methyl sites for hydroxylation is 1. The Morgan fingerprint density at radius 3 is 2.30 bits per heavy atom. The van der Waals surface area contributed by atoms with E-state index in [1.54, 1.807) is 12.1 Å². The monoisotopic (exact) mass is 296 g/mol. The van der Waals surface area contributed by atoms with E-state index in [0.717, 1.165) is 24.1 Å². The molecule has 1 saturated carbocycles. The molecule has 0 unspecified atom stereocenters. The van der Waals surface area contributed by atoms with E-state index in [4.69, 9.17) is 5.14 Å². The van der Waals surface area contributed by atoms with Crippen molar-refractivity contribution < 1.29 is 8.42 Å². The van der Waals surface area contributed by atoms with Gasteiger partial charge in [-0.25, -0.2) is 13.6 Å². The Labute approximate surface area is 121 Å². The molecule has 20 heavy (non-hydrogen) atoms. The van der Waals surface area contributed by atoms with Gasteiger partial charge in [-0.2, -0.15) is 0 Å². The topological polar surface area (TPSA) is 72.2 Å². The number of benzene rings is 1. The molecule has 1 aliphatic carbocycles. The minimum Gasteiger partial charge on any atom is -0.382 e. The van der Waals surface area contributed by atoms with Crippen LogP contribution < -0.4 is 10.5 Å². The summed E-state index contributed by atoms with van der Waals surface area (Å²) in [5, 5.41) is 8.71. The van der Waals surface area contributed by atoms with Crippen molar-refractivity contribution in [1.82, 2.24) is 0 Å². The number of anilines is 1. The maximum absolute atomic E-state index is 11.4. The zero-order valence-corrected chi connectivity index (χ0v) is 12.9. The molecule has 5 heteroatoms. The third kappa shape index (κ3) is 4.21. The predicted octanol–water partition coefficient (Wildman–Crippen LogP) is 3.17. The zero-order chi connectivity index (χ0) is 14.6.